The third-order valence-corrected chi connectivity index (χ3v) is 4.14. The minimum absolute atomic E-state index is 0.367. The van der Waals surface area contributed by atoms with Crippen molar-refractivity contribution < 1.29 is 9.47 Å². The van der Waals surface area contributed by atoms with Gasteiger partial charge in [-0.2, -0.15) is 0 Å². The lowest BCUT2D eigenvalue weighted by atomic mass is 9.92. The fraction of sp³-hybridized carbons (Fsp3) is 0.647. The van der Waals surface area contributed by atoms with Crippen LogP contribution in [-0.2, 0) is 4.74 Å². The second-order valence-electron chi connectivity index (χ2n) is 5.61. The maximum atomic E-state index is 5.49. The van der Waals surface area contributed by atoms with E-state index >= 15 is 0 Å². The third kappa shape index (κ3) is 4.22. The minimum atomic E-state index is 0.367. The van der Waals surface area contributed by atoms with E-state index in [2.05, 4.69) is 36.5 Å². The van der Waals surface area contributed by atoms with Gasteiger partial charge in [-0.25, -0.2) is 0 Å². The van der Waals surface area contributed by atoms with Crippen LogP contribution in [0.3, 0.4) is 0 Å². The van der Waals surface area contributed by atoms with Gasteiger partial charge in [-0.15, -0.1) is 0 Å². The molecule has 0 bridgehead atoms. The summed E-state index contributed by atoms with van der Waals surface area (Å²) in [5.74, 6) is 0.945. The molecule has 1 aliphatic carbocycles. The predicted octanol–water partition coefficient (Wildman–Crippen LogP) is 3.69. The quantitative estimate of drug-likeness (QED) is 0.860. The molecule has 3 nitrogen and oxygen atoms in total. The normalized spacial score (nSPS) is 24.4. The maximum absolute atomic E-state index is 5.49. The first-order valence-electron chi connectivity index (χ1n) is 7.74. The molecule has 0 heterocycles. The molecule has 1 saturated carbocycles. The Kier molecular flexibility index (Phi) is 5.86. The number of ether oxygens (including phenoxy) is 2. The molecule has 1 aromatic rings. The molecule has 1 aromatic carbocycles. The van der Waals surface area contributed by atoms with E-state index in [0.717, 1.165) is 12.2 Å². The van der Waals surface area contributed by atoms with E-state index in [9.17, 15) is 0 Å². The predicted molar refractivity (Wildman–Crippen MR) is 82.2 cm³/mol. The molecular weight excluding hydrogens is 250 g/mol. The van der Waals surface area contributed by atoms with Gasteiger partial charge in [0.1, 0.15) is 5.75 Å². The molecule has 0 aromatic heterocycles. The van der Waals surface area contributed by atoms with Crippen molar-refractivity contribution in [2.75, 3.05) is 13.7 Å². The molecule has 20 heavy (non-hydrogen) atoms. The standard InChI is InChI=1S/C17H27NO2/c1-4-20-16-10-8-14(9-11-16)13(2)18-15-6-5-7-17(12-15)19-3/h8-11,13,15,17-18H,4-7,12H2,1-3H3. The summed E-state index contributed by atoms with van der Waals surface area (Å²) < 4.78 is 11.0. The number of nitrogens with one attached hydrogen (secondary N) is 1. The Morgan fingerprint density at radius 2 is 2.00 bits per heavy atom. The SMILES string of the molecule is CCOc1ccc(C(C)NC2CCCC(OC)C2)cc1. The van der Waals surface area contributed by atoms with Crippen molar-refractivity contribution in [2.45, 2.75) is 57.7 Å². The molecule has 1 N–H and O–H groups in total. The van der Waals surface area contributed by atoms with Gasteiger partial charge < -0.3 is 14.8 Å². The molecule has 1 fully saturated rings. The van der Waals surface area contributed by atoms with Gasteiger partial charge in [-0.05, 0) is 57.2 Å². The smallest absolute Gasteiger partial charge is 0.119 e. The summed E-state index contributed by atoms with van der Waals surface area (Å²) in [7, 11) is 1.82. The molecule has 112 valence electrons. The highest BCUT2D eigenvalue weighted by Gasteiger charge is 2.22. The lowest BCUT2D eigenvalue weighted by Gasteiger charge is -2.31. The van der Waals surface area contributed by atoms with Crippen LogP contribution in [0.1, 0.15) is 51.1 Å². The van der Waals surface area contributed by atoms with Gasteiger partial charge in [-0.3, -0.25) is 0 Å². The van der Waals surface area contributed by atoms with Gasteiger partial charge in [0.2, 0.25) is 0 Å². The minimum Gasteiger partial charge on any atom is -0.494 e. The van der Waals surface area contributed by atoms with E-state index in [-0.39, 0.29) is 0 Å². The molecule has 0 radical (unpaired) electrons. The Bertz CT molecular complexity index is 390. The molecule has 3 unspecified atom stereocenters. The Balaban J connectivity index is 1.88. The van der Waals surface area contributed by atoms with Crippen LogP contribution in [0.4, 0.5) is 0 Å². The van der Waals surface area contributed by atoms with Gasteiger partial charge >= 0.3 is 0 Å². The average molecular weight is 277 g/mol. The van der Waals surface area contributed by atoms with Crippen LogP contribution in [-0.4, -0.2) is 25.9 Å². The topological polar surface area (TPSA) is 30.5 Å². The Labute approximate surface area is 122 Å². The second-order valence-corrected chi connectivity index (χ2v) is 5.61. The van der Waals surface area contributed by atoms with Crippen LogP contribution >= 0.6 is 0 Å². The zero-order valence-corrected chi connectivity index (χ0v) is 12.9. The summed E-state index contributed by atoms with van der Waals surface area (Å²) in [5.41, 5.74) is 1.31. The third-order valence-electron chi connectivity index (χ3n) is 4.14. The molecule has 0 saturated heterocycles. The molecule has 3 heteroatoms. The van der Waals surface area contributed by atoms with Crippen molar-refractivity contribution in [2.24, 2.45) is 0 Å². The summed E-state index contributed by atoms with van der Waals surface area (Å²) in [4.78, 5) is 0. The highest BCUT2D eigenvalue weighted by atomic mass is 16.5. The Hall–Kier alpha value is -1.06. The van der Waals surface area contributed by atoms with Crippen LogP contribution in [0.15, 0.2) is 24.3 Å². The van der Waals surface area contributed by atoms with Crippen molar-refractivity contribution in [3.05, 3.63) is 29.8 Å². The van der Waals surface area contributed by atoms with Crippen molar-refractivity contribution in [1.29, 1.82) is 0 Å². The van der Waals surface area contributed by atoms with Crippen molar-refractivity contribution in [3.8, 4) is 5.75 Å². The first-order valence-corrected chi connectivity index (χ1v) is 7.74. The first kappa shape index (κ1) is 15.3. The summed E-state index contributed by atoms with van der Waals surface area (Å²) in [6.45, 7) is 4.95. The van der Waals surface area contributed by atoms with E-state index in [1.807, 2.05) is 14.0 Å². The van der Waals surface area contributed by atoms with E-state index in [1.165, 1.54) is 24.8 Å². The number of hydrogen-bond acceptors (Lipinski definition) is 3. The summed E-state index contributed by atoms with van der Waals surface area (Å²) in [5, 5.41) is 3.73. The van der Waals surface area contributed by atoms with Gasteiger partial charge in [0.25, 0.3) is 0 Å². The van der Waals surface area contributed by atoms with Crippen molar-refractivity contribution in [1.82, 2.24) is 5.32 Å². The molecular formula is C17H27NO2. The van der Waals surface area contributed by atoms with E-state index < -0.39 is 0 Å². The van der Waals surface area contributed by atoms with E-state index in [0.29, 0.717) is 24.8 Å². The van der Waals surface area contributed by atoms with Crippen LogP contribution in [0.5, 0.6) is 5.75 Å². The molecule has 2 rings (SSSR count). The van der Waals surface area contributed by atoms with Crippen LogP contribution in [0.25, 0.3) is 0 Å². The zero-order valence-electron chi connectivity index (χ0n) is 12.9. The monoisotopic (exact) mass is 277 g/mol. The van der Waals surface area contributed by atoms with Gasteiger partial charge in [0, 0.05) is 19.2 Å². The number of benzene rings is 1. The summed E-state index contributed by atoms with van der Waals surface area (Å²) in [6.07, 6.45) is 5.26. The number of methoxy groups -OCH3 is 1. The number of rotatable bonds is 6. The molecule has 0 spiro atoms. The number of hydrogen-bond donors (Lipinski definition) is 1. The molecule has 1 aliphatic rings. The summed E-state index contributed by atoms with van der Waals surface area (Å²) in [6, 6.07) is 9.34. The molecule has 3 atom stereocenters. The fourth-order valence-electron chi connectivity index (χ4n) is 2.98. The lowest BCUT2D eigenvalue weighted by Crippen LogP contribution is -2.38. The van der Waals surface area contributed by atoms with Crippen molar-refractivity contribution in [3.63, 3.8) is 0 Å². The first-order chi connectivity index (χ1) is 9.72. The largest absolute Gasteiger partial charge is 0.494 e. The van der Waals surface area contributed by atoms with Gasteiger partial charge in [0.05, 0.1) is 12.7 Å². The maximum Gasteiger partial charge on any atom is 0.119 e. The van der Waals surface area contributed by atoms with Gasteiger partial charge in [0.15, 0.2) is 0 Å². The van der Waals surface area contributed by atoms with E-state index in [1.54, 1.807) is 0 Å². The van der Waals surface area contributed by atoms with Crippen LogP contribution in [0.2, 0.25) is 0 Å². The highest BCUT2D eigenvalue weighted by molar-refractivity contribution is 5.29. The lowest BCUT2D eigenvalue weighted by molar-refractivity contribution is 0.0572. The van der Waals surface area contributed by atoms with Gasteiger partial charge in [-0.1, -0.05) is 12.1 Å². The van der Waals surface area contributed by atoms with Crippen LogP contribution < -0.4 is 10.1 Å². The Morgan fingerprint density at radius 3 is 2.65 bits per heavy atom. The highest BCUT2D eigenvalue weighted by Crippen LogP contribution is 2.24. The van der Waals surface area contributed by atoms with E-state index in [4.69, 9.17) is 9.47 Å². The van der Waals surface area contributed by atoms with Crippen LogP contribution in [0, 0.1) is 0 Å². The Morgan fingerprint density at radius 1 is 1.25 bits per heavy atom. The molecule has 0 amide bonds. The van der Waals surface area contributed by atoms with Crippen molar-refractivity contribution >= 4 is 0 Å². The zero-order chi connectivity index (χ0) is 14.4. The summed E-state index contributed by atoms with van der Waals surface area (Å²) >= 11 is 0. The molecule has 0 aliphatic heterocycles. The average Bonchev–Trinajstić information content (AvgIpc) is 2.48. The second kappa shape index (κ2) is 7.65. The fourth-order valence-corrected chi connectivity index (χ4v) is 2.98.